The third kappa shape index (κ3) is 2.03. The highest BCUT2D eigenvalue weighted by molar-refractivity contribution is 5.32. The first-order valence-corrected chi connectivity index (χ1v) is 5.71. The van der Waals surface area contributed by atoms with Gasteiger partial charge in [-0.2, -0.15) is 4.40 Å². The van der Waals surface area contributed by atoms with Crippen molar-refractivity contribution < 1.29 is 9.67 Å². The van der Waals surface area contributed by atoms with Crippen LogP contribution in [0.5, 0.6) is 5.88 Å². The number of aromatic nitrogens is 4. The first kappa shape index (κ1) is 11.3. The topological polar surface area (TPSA) is 74.2 Å². The molecule has 19 heavy (non-hydrogen) atoms. The molecule has 0 spiro atoms. The minimum atomic E-state index is -0.333. The lowest BCUT2D eigenvalue weighted by Gasteiger charge is -2.11. The molecular formula is C13H10N4O2. The van der Waals surface area contributed by atoms with Crippen LogP contribution < -0.4 is 15.2 Å². The Balaban J connectivity index is 2.21. The van der Waals surface area contributed by atoms with Crippen molar-refractivity contribution in [2.45, 2.75) is 6.54 Å². The third-order valence-corrected chi connectivity index (χ3v) is 2.82. The van der Waals surface area contributed by atoms with Crippen molar-refractivity contribution in [3.8, 4) is 5.88 Å². The van der Waals surface area contributed by atoms with Gasteiger partial charge in [0.15, 0.2) is 0 Å². The van der Waals surface area contributed by atoms with E-state index in [2.05, 4.69) is 9.97 Å². The first-order valence-electron chi connectivity index (χ1n) is 5.71. The summed E-state index contributed by atoms with van der Waals surface area (Å²) in [6.07, 6.45) is 6.35. The number of fused-ring (bicyclic) bond motifs is 1. The van der Waals surface area contributed by atoms with E-state index >= 15 is 0 Å². The van der Waals surface area contributed by atoms with E-state index in [4.69, 9.17) is 0 Å². The van der Waals surface area contributed by atoms with Crippen molar-refractivity contribution in [1.82, 2.24) is 14.4 Å². The van der Waals surface area contributed by atoms with Crippen LogP contribution in [0.1, 0.15) is 5.56 Å². The Morgan fingerprint density at radius 1 is 1.26 bits per heavy atom. The Kier molecular flexibility index (Phi) is 2.68. The van der Waals surface area contributed by atoms with Gasteiger partial charge in [-0.1, -0.05) is 6.07 Å². The normalized spacial score (nSPS) is 10.7. The smallest absolute Gasteiger partial charge is 0.341 e. The first-order chi connectivity index (χ1) is 9.25. The summed E-state index contributed by atoms with van der Waals surface area (Å²) in [5.41, 5.74) is 1.01. The predicted octanol–water partition coefficient (Wildman–Crippen LogP) is -0.501. The van der Waals surface area contributed by atoms with Crippen LogP contribution in [-0.2, 0) is 6.54 Å². The third-order valence-electron chi connectivity index (χ3n) is 2.82. The average Bonchev–Trinajstić information content (AvgIpc) is 2.45. The van der Waals surface area contributed by atoms with Crippen molar-refractivity contribution in [2.24, 2.45) is 0 Å². The zero-order valence-electron chi connectivity index (χ0n) is 9.93. The summed E-state index contributed by atoms with van der Waals surface area (Å²) in [6.45, 7) is 0.327. The zero-order chi connectivity index (χ0) is 13.2. The maximum atomic E-state index is 12.0. The molecule has 3 rings (SSSR count). The van der Waals surface area contributed by atoms with Gasteiger partial charge in [0.1, 0.15) is 12.9 Å². The standard InChI is InChI=1S/C13H10N4O2/c18-12-5-13(19)17(8-10-6-14-9-15-7-10)11-3-1-2-4-16(11)12/h1-7,9H,8H2. The molecule has 0 saturated heterocycles. The lowest BCUT2D eigenvalue weighted by Crippen LogP contribution is -2.43. The Bertz CT molecular complexity index is 784. The summed E-state index contributed by atoms with van der Waals surface area (Å²) in [5, 5.41) is 12.0. The largest absolute Gasteiger partial charge is 0.842 e. The molecule has 0 aliphatic heterocycles. The zero-order valence-corrected chi connectivity index (χ0v) is 9.93. The molecule has 0 atom stereocenters. The van der Waals surface area contributed by atoms with Crippen molar-refractivity contribution in [2.75, 3.05) is 0 Å². The van der Waals surface area contributed by atoms with E-state index < -0.39 is 0 Å². The van der Waals surface area contributed by atoms with Gasteiger partial charge >= 0.3 is 5.56 Å². The summed E-state index contributed by atoms with van der Waals surface area (Å²) in [4.78, 5) is 19.6. The van der Waals surface area contributed by atoms with Crippen LogP contribution in [0.3, 0.4) is 0 Å². The van der Waals surface area contributed by atoms with Gasteiger partial charge in [0.25, 0.3) is 5.65 Å². The maximum Gasteiger partial charge on any atom is 0.341 e. The van der Waals surface area contributed by atoms with Crippen LogP contribution >= 0.6 is 0 Å². The number of hydrogen-bond donors (Lipinski definition) is 0. The molecule has 6 nitrogen and oxygen atoms in total. The van der Waals surface area contributed by atoms with E-state index in [0.29, 0.717) is 12.2 Å². The second kappa shape index (κ2) is 4.49. The molecule has 0 aliphatic carbocycles. The highest BCUT2D eigenvalue weighted by atomic mass is 16.3. The van der Waals surface area contributed by atoms with Crippen molar-refractivity contribution in [3.63, 3.8) is 0 Å². The average molecular weight is 254 g/mol. The number of nitrogens with zero attached hydrogens (tertiary/aromatic N) is 4. The van der Waals surface area contributed by atoms with Gasteiger partial charge in [-0.3, -0.25) is 0 Å². The molecule has 0 fully saturated rings. The number of pyridine rings is 1. The minimum absolute atomic E-state index is 0.327. The molecular weight excluding hydrogens is 244 g/mol. The molecule has 6 heteroatoms. The molecule has 3 aromatic rings. The fraction of sp³-hybridized carbons (Fsp3) is 0.0769. The summed E-state index contributed by atoms with van der Waals surface area (Å²) in [5.74, 6) is -0.333. The Hall–Kier alpha value is -2.76. The lowest BCUT2D eigenvalue weighted by atomic mass is 10.3. The van der Waals surface area contributed by atoms with Crippen molar-refractivity contribution >= 4 is 5.65 Å². The summed E-state index contributed by atoms with van der Waals surface area (Å²) in [6, 6.07) is 6.34. The second-order valence-corrected chi connectivity index (χ2v) is 4.08. The molecule has 0 saturated carbocycles. The lowest BCUT2D eigenvalue weighted by molar-refractivity contribution is -0.709. The summed E-state index contributed by atoms with van der Waals surface area (Å²) in [7, 11) is 0. The molecule has 3 aromatic heterocycles. The SMILES string of the molecule is O=c1cc([O-])[n+](Cc2cncnc2)c2ccccn12. The van der Waals surface area contributed by atoms with Crippen LogP contribution in [0.4, 0.5) is 0 Å². The van der Waals surface area contributed by atoms with Gasteiger partial charge in [-0.15, -0.1) is 0 Å². The van der Waals surface area contributed by atoms with Gasteiger partial charge in [0.2, 0.25) is 0 Å². The van der Waals surface area contributed by atoms with Crippen LogP contribution in [0.2, 0.25) is 0 Å². The van der Waals surface area contributed by atoms with Crippen LogP contribution in [0.25, 0.3) is 5.65 Å². The molecule has 0 bridgehead atoms. The van der Waals surface area contributed by atoms with Crippen LogP contribution in [0.15, 0.2) is 54.0 Å². The molecule has 0 radical (unpaired) electrons. The van der Waals surface area contributed by atoms with Gasteiger partial charge in [-0.05, 0) is 6.07 Å². The monoisotopic (exact) mass is 254 g/mol. The molecule has 0 amide bonds. The van der Waals surface area contributed by atoms with E-state index in [1.807, 2.05) is 0 Å². The van der Waals surface area contributed by atoms with Gasteiger partial charge in [0, 0.05) is 24.0 Å². The number of hydrogen-bond acceptors (Lipinski definition) is 4. The van der Waals surface area contributed by atoms with Crippen LogP contribution in [-0.4, -0.2) is 14.4 Å². The highest BCUT2D eigenvalue weighted by Crippen LogP contribution is 2.02. The van der Waals surface area contributed by atoms with Gasteiger partial charge in [0.05, 0.1) is 18.1 Å². The molecule has 3 heterocycles. The summed E-state index contributed by atoms with van der Waals surface area (Å²) >= 11 is 0. The maximum absolute atomic E-state index is 12.0. The van der Waals surface area contributed by atoms with E-state index in [9.17, 15) is 9.90 Å². The summed E-state index contributed by atoms with van der Waals surface area (Å²) < 4.78 is 2.95. The Labute approximate surface area is 108 Å². The fourth-order valence-corrected chi connectivity index (χ4v) is 1.96. The number of rotatable bonds is 2. The quantitative estimate of drug-likeness (QED) is 0.578. The van der Waals surface area contributed by atoms with Crippen LogP contribution in [0, 0.1) is 0 Å². The Morgan fingerprint density at radius 2 is 2.05 bits per heavy atom. The van der Waals surface area contributed by atoms with Crippen molar-refractivity contribution in [3.05, 3.63) is 65.1 Å². The molecule has 0 unspecified atom stereocenters. The predicted molar refractivity (Wildman–Crippen MR) is 64.4 cm³/mol. The fourth-order valence-electron chi connectivity index (χ4n) is 1.96. The van der Waals surface area contributed by atoms with Gasteiger partial charge in [-0.25, -0.2) is 19.3 Å². The molecule has 0 aliphatic rings. The van der Waals surface area contributed by atoms with E-state index in [-0.39, 0.29) is 11.4 Å². The molecule has 0 N–H and O–H groups in total. The molecule has 94 valence electrons. The van der Waals surface area contributed by atoms with E-state index in [0.717, 1.165) is 11.6 Å². The van der Waals surface area contributed by atoms with E-state index in [1.54, 1.807) is 36.8 Å². The van der Waals surface area contributed by atoms with Gasteiger partial charge < -0.3 is 5.11 Å². The van der Waals surface area contributed by atoms with E-state index in [1.165, 1.54) is 15.3 Å². The Morgan fingerprint density at radius 3 is 2.84 bits per heavy atom. The highest BCUT2D eigenvalue weighted by Gasteiger charge is 2.11. The molecule has 0 aromatic carbocycles. The van der Waals surface area contributed by atoms with Crippen molar-refractivity contribution in [1.29, 1.82) is 0 Å². The minimum Gasteiger partial charge on any atom is -0.842 e. The second-order valence-electron chi connectivity index (χ2n) is 4.08.